The topological polar surface area (TPSA) is 108 Å². The molecule has 32 heavy (non-hydrogen) atoms. The Bertz CT molecular complexity index is 1220. The van der Waals surface area contributed by atoms with Crippen molar-refractivity contribution in [1.29, 1.82) is 0 Å². The third kappa shape index (κ3) is 4.57. The predicted octanol–water partition coefficient (Wildman–Crippen LogP) is 4.44. The van der Waals surface area contributed by atoms with Gasteiger partial charge in [-0.05, 0) is 44.2 Å². The summed E-state index contributed by atoms with van der Waals surface area (Å²) < 4.78 is 12.5. The zero-order valence-corrected chi connectivity index (χ0v) is 18.6. The summed E-state index contributed by atoms with van der Waals surface area (Å²) in [6, 6.07) is 11.0. The van der Waals surface area contributed by atoms with Crippen LogP contribution >= 0.6 is 11.6 Å². The number of carbonyl (C=O) groups excluding carboxylic acids is 1. The number of nitro groups is 1. The van der Waals surface area contributed by atoms with Gasteiger partial charge in [0.15, 0.2) is 0 Å². The number of non-ortho nitro benzene ring substituents is 1. The minimum absolute atomic E-state index is 0.00739. The first kappa shape index (κ1) is 22.8. The van der Waals surface area contributed by atoms with Gasteiger partial charge in [0.05, 0.1) is 36.6 Å². The standard InChI is InChI=1S/C22H21ClN4O5/c1-13-9-15(14(2)26(13)19-10-16(23)5-7-21(19)32-4)12-24-25-22(28)18-11-17(27(29)30)6-8-20(18)31-3/h5-12H,1-4H3,(H,25,28)/b24-12-. The number of nitro benzene ring substituents is 1. The molecule has 0 aliphatic heterocycles. The van der Waals surface area contributed by atoms with E-state index in [2.05, 4.69) is 10.5 Å². The highest BCUT2D eigenvalue weighted by molar-refractivity contribution is 6.30. The van der Waals surface area contributed by atoms with Gasteiger partial charge in [-0.15, -0.1) is 0 Å². The number of hydrazone groups is 1. The van der Waals surface area contributed by atoms with E-state index in [9.17, 15) is 14.9 Å². The van der Waals surface area contributed by atoms with Gasteiger partial charge in [0.1, 0.15) is 11.5 Å². The van der Waals surface area contributed by atoms with Crippen molar-refractivity contribution in [2.24, 2.45) is 5.10 Å². The van der Waals surface area contributed by atoms with Gasteiger partial charge in [0.25, 0.3) is 11.6 Å². The van der Waals surface area contributed by atoms with Crippen LogP contribution in [0.1, 0.15) is 27.3 Å². The zero-order valence-electron chi connectivity index (χ0n) is 17.9. The van der Waals surface area contributed by atoms with Crippen molar-refractivity contribution in [3.8, 4) is 17.2 Å². The van der Waals surface area contributed by atoms with Crippen molar-refractivity contribution in [2.45, 2.75) is 13.8 Å². The summed E-state index contributed by atoms with van der Waals surface area (Å²) in [6.07, 6.45) is 1.50. The van der Waals surface area contributed by atoms with Crippen LogP contribution in [-0.4, -0.2) is 35.8 Å². The van der Waals surface area contributed by atoms with E-state index in [1.54, 1.807) is 25.3 Å². The van der Waals surface area contributed by atoms with Gasteiger partial charge in [-0.3, -0.25) is 14.9 Å². The second-order valence-corrected chi connectivity index (χ2v) is 7.26. The Hall–Kier alpha value is -3.85. The van der Waals surface area contributed by atoms with Gasteiger partial charge in [-0.2, -0.15) is 5.10 Å². The number of nitrogens with zero attached hydrogens (tertiary/aromatic N) is 3. The quantitative estimate of drug-likeness (QED) is 0.321. The lowest BCUT2D eigenvalue weighted by Crippen LogP contribution is -2.18. The molecule has 3 aromatic rings. The number of nitrogens with one attached hydrogen (secondary N) is 1. The molecule has 0 aliphatic rings. The molecule has 1 N–H and O–H groups in total. The van der Waals surface area contributed by atoms with Crippen molar-refractivity contribution < 1.29 is 19.2 Å². The molecule has 0 fully saturated rings. The van der Waals surface area contributed by atoms with Crippen LogP contribution in [0.5, 0.6) is 11.5 Å². The first-order chi connectivity index (χ1) is 15.3. The highest BCUT2D eigenvalue weighted by Gasteiger charge is 2.18. The molecule has 0 atom stereocenters. The highest BCUT2D eigenvalue weighted by Crippen LogP contribution is 2.30. The number of aromatic nitrogens is 1. The molecule has 0 spiro atoms. The first-order valence-corrected chi connectivity index (χ1v) is 9.83. The van der Waals surface area contributed by atoms with Crippen molar-refractivity contribution >= 4 is 29.4 Å². The maximum atomic E-state index is 12.5. The summed E-state index contributed by atoms with van der Waals surface area (Å²) in [7, 11) is 2.96. The summed E-state index contributed by atoms with van der Waals surface area (Å²) in [5.41, 5.74) is 5.48. The van der Waals surface area contributed by atoms with E-state index in [1.165, 1.54) is 25.5 Å². The Labute approximate surface area is 189 Å². The molecular weight excluding hydrogens is 436 g/mol. The highest BCUT2D eigenvalue weighted by atomic mass is 35.5. The number of rotatable bonds is 7. The lowest BCUT2D eigenvalue weighted by molar-refractivity contribution is -0.384. The number of hydrogen-bond acceptors (Lipinski definition) is 6. The Kier molecular flexibility index (Phi) is 6.79. The number of methoxy groups -OCH3 is 2. The van der Waals surface area contributed by atoms with E-state index in [-0.39, 0.29) is 17.0 Å². The van der Waals surface area contributed by atoms with Crippen molar-refractivity contribution in [3.05, 3.63) is 80.1 Å². The SMILES string of the molecule is COc1ccc([N+](=O)[O-])cc1C(=O)N/N=C\c1cc(C)n(-c2cc(Cl)ccc2OC)c1C. The van der Waals surface area contributed by atoms with Gasteiger partial charge in [0, 0.05) is 34.1 Å². The number of halogens is 1. The molecule has 9 nitrogen and oxygen atoms in total. The number of hydrogen-bond donors (Lipinski definition) is 1. The molecule has 3 rings (SSSR count). The fourth-order valence-electron chi connectivity index (χ4n) is 3.33. The van der Waals surface area contributed by atoms with Crippen molar-refractivity contribution in [1.82, 2.24) is 9.99 Å². The van der Waals surface area contributed by atoms with Gasteiger partial charge in [-0.25, -0.2) is 5.43 Å². The van der Waals surface area contributed by atoms with Gasteiger partial charge in [0.2, 0.25) is 0 Å². The van der Waals surface area contributed by atoms with E-state index in [0.717, 1.165) is 28.7 Å². The predicted molar refractivity (Wildman–Crippen MR) is 122 cm³/mol. The lowest BCUT2D eigenvalue weighted by Gasteiger charge is -2.14. The van der Waals surface area contributed by atoms with E-state index in [4.69, 9.17) is 21.1 Å². The minimum Gasteiger partial charge on any atom is -0.496 e. The molecule has 0 unspecified atom stereocenters. The number of aryl methyl sites for hydroxylation is 1. The fraction of sp³-hybridized carbons (Fsp3) is 0.182. The fourth-order valence-corrected chi connectivity index (χ4v) is 3.50. The van der Waals surface area contributed by atoms with Crippen LogP contribution in [0.2, 0.25) is 5.02 Å². The molecule has 10 heteroatoms. The second-order valence-electron chi connectivity index (χ2n) is 6.82. The zero-order chi connectivity index (χ0) is 23.4. The lowest BCUT2D eigenvalue weighted by atomic mass is 10.1. The molecule has 0 saturated carbocycles. The normalized spacial score (nSPS) is 10.9. The molecule has 0 bridgehead atoms. The van der Waals surface area contributed by atoms with Gasteiger partial charge >= 0.3 is 0 Å². The smallest absolute Gasteiger partial charge is 0.275 e. The first-order valence-electron chi connectivity index (χ1n) is 9.45. The Morgan fingerprint density at radius 2 is 1.81 bits per heavy atom. The van der Waals surface area contributed by atoms with Gasteiger partial charge < -0.3 is 14.0 Å². The molecule has 166 valence electrons. The number of carbonyl (C=O) groups is 1. The summed E-state index contributed by atoms with van der Waals surface area (Å²) in [4.78, 5) is 23.0. The van der Waals surface area contributed by atoms with Crippen LogP contribution in [0.4, 0.5) is 5.69 Å². The van der Waals surface area contributed by atoms with E-state index in [0.29, 0.717) is 10.8 Å². The van der Waals surface area contributed by atoms with Crippen molar-refractivity contribution in [2.75, 3.05) is 14.2 Å². The maximum Gasteiger partial charge on any atom is 0.275 e. The third-order valence-electron chi connectivity index (χ3n) is 4.86. The average molecular weight is 457 g/mol. The number of amides is 1. The molecule has 0 aliphatic carbocycles. The largest absolute Gasteiger partial charge is 0.496 e. The van der Waals surface area contributed by atoms with Crippen LogP contribution in [-0.2, 0) is 0 Å². The van der Waals surface area contributed by atoms with Crippen LogP contribution in [0.3, 0.4) is 0 Å². The second kappa shape index (κ2) is 9.52. The molecule has 0 saturated heterocycles. The van der Waals surface area contributed by atoms with Crippen LogP contribution in [0.25, 0.3) is 5.69 Å². The Morgan fingerprint density at radius 3 is 2.47 bits per heavy atom. The molecule has 1 heterocycles. The summed E-state index contributed by atoms with van der Waals surface area (Å²) >= 11 is 6.17. The van der Waals surface area contributed by atoms with Crippen LogP contribution in [0.15, 0.2) is 47.6 Å². The van der Waals surface area contributed by atoms with E-state index >= 15 is 0 Å². The Morgan fingerprint density at radius 1 is 1.12 bits per heavy atom. The minimum atomic E-state index is -0.632. The summed E-state index contributed by atoms with van der Waals surface area (Å²) in [5.74, 6) is 0.229. The van der Waals surface area contributed by atoms with Gasteiger partial charge in [-0.1, -0.05) is 11.6 Å². The molecular formula is C22H21ClN4O5. The van der Waals surface area contributed by atoms with E-state index in [1.807, 2.05) is 24.5 Å². The maximum absolute atomic E-state index is 12.5. The Balaban J connectivity index is 1.87. The van der Waals surface area contributed by atoms with Crippen molar-refractivity contribution in [3.63, 3.8) is 0 Å². The molecule has 0 radical (unpaired) electrons. The average Bonchev–Trinajstić information content (AvgIpc) is 3.05. The summed E-state index contributed by atoms with van der Waals surface area (Å²) in [6.45, 7) is 3.83. The molecule has 1 amide bonds. The number of ether oxygens (including phenoxy) is 2. The van der Waals surface area contributed by atoms with E-state index < -0.39 is 10.8 Å². The number of benzene rings is 2. The van der Waals surface area contributed by atoms with Crippen LogP contribution in [0, 0.1) is 24.0 Å². The summed E-state index contributed by atoms with van der Waals surface area (Å²) in [5, 5.41) is 15.6. The van der Waals surface area contributed by atoms with Crippen LogP contribution < -0.4 is 14.9 Å². The molecule has 2 aromatic carbocycles. The monoisotopic (exact) mass is 456 g/mol. The third-order valence-corrected chi connectivity index (χ3v) is 5.10. The molecule has 1 aromatic heterocycles.